The van der Waals surface area contributed by atoms with Crippen molar-refractivity contribution < 1.29 is 23.8 Å². The zero-order chi connectivity index (χ0) is 24.9. The van der Waals surface area contributed by atoms with E-state index in [9.17, 15) is 9.59 Å². The van der Waals surface area contributed by atoms with E-state index in [0.717, 1.165) is 48.1 Å². The molecule has 0 bridgehead atoms. The molecule has 3 aromatic rings. The summed E-state index contributed by atoms with van der Waals surface area (Å²) in [5.41, 5.74) is 3.54. The molecular formula is C30H31NO5. The molecule has 1 unspecified atom stereocenters. The Kier molecular flexibility index (Phi) is 7.21. The second-order valence-corrected chi connectivity index (χ2v) is 9.52. The van der Waals surface area contributed by atoms with Gasteiger partial charge in [-0.3, -0.25) is 4.79 Å². The van der Waals surface area contributed by atoms with Crippen LogP contribution >= 0.6 is 0 Å². The van der Waals surface area contributed by atoms with Crippen LogP contribution in [0.2, 0.25) is 0 Å². The lowest BCUT2D eigenvalue weighted by atomic mass is 9.75. The number of hydrogen-bond acceptors (Lipinski definition) is 5. The van der Waals surface area contributed by atoms with Gasteiger partial charge in [0.15, 0.2) is 11.5 Å². The van der Waals surface area contributed by atoms with E-state index in [-0.39, 0.29) is 43.2 Å². The molecule has 1 aliphatic carbocycles. The monoisotopic (exact) mass is 485 g/mol. The van der Waals surface area contributed by atoms with E-state index in [1.54, 1.807) is 0 Å². The second-order valence-electron chi connectivity index (χ2n) is 9.52. The lowest BCUT2D eigenvalue weighted by molar-refractivity contribution is -0.127. The van der Waals surface area contributed by atoms with Crippen LogP contribution in [0.15, 0.2) is 72.8 Å². The Morgan fingerprint density at radius 2 is 1.69 bits per heavy atom. The van der Waals surface area contributed by atoms with Crippen molar-refractivity contribution in [2.24, 2.45) is 5.92 Å². The van der Waals surface area contributed by atoms with Crippen LogP contribution in [0.25, 0.3) is 0 Å². The first kappa shape index (κ1) is 23.9. The summed E-state index contributed by atoms with van der Waals surface area (Å²) >= 11 is 0. The smallest absolute Gasteiger partial charge is 0.338 e. The minimum Gasteiger partial charge on any atom is -0.457 e. The summed E-state index contributed by atoms with van der Waals surface area (Å²) in [6, 6.07) is 22.8. The average Bonchev–Trinajstić information content (AvgIpc) is 3.40. The van der Waals surface area contributed by atoms with Crippen molar-refractivity contribution in [2.75, 3.05) is 6.79 Å². The van der Waals surface area contributed by atoms with E-state index >= 15 is 0 Å². The summed E-state index contributed by atoms with van der Waals surface area (Å²) in [5, 5.41) is 3.21. The summed E-state index contributed by atoms with van der Waals surface area (Å²) in [5.74, 6) is 1.18. The number of fused-ring (bicyclic) bond motifs is 1. The number of hydrogen-bond donors (Lipinski definition) is 1. The molecule has 1 aliphatic heterocycles. The third kappa shape index (κ3) is 5.38. The van der Waals surface area contributed by atoms with Gasteiger partial charge in [0.25, 0.3) is 0 Å². The Balaban J connectivity index is 1.22. The minimum absolute atomic E-state index is 0.0659. The lowest BCUT2D eigenvalue weighted by Gasteiger charge is -2.32. The van der Waals surface area contributed by atoms with Gasteiger partial charge >= 0.3 is 5.97 Å². The van der Waals surface area contributed by atoms with Gasteiger partial charge in [0.2, 0.25) is 12.7 Å². The van der Waals surface area contributed by atoms with Crippen molar-refractivity contribution in [2.45, 2.75) is 51.2 Å². The number of carbonyl (C=O) groups excluding carboxylic acids is 2. The highest BCUT2D eigenvalue weighted by Crippen LogP contribution is 2.39. The molecule has 3 aromatic carbocycles. The van der Waals surface area contributed by atoms with E-state index in [2.05, 4.69) is 5.32 Å². The highest BCUT2D eigenvalue weighted by atomic mass is 16.7. The van der Waals surface area contributed by atoms with Gasteiger partial charge in [0, 0.05) is 5.92 Å². The number of benzene rings is 3. The molecule has 5 rings (SSSR count). The topological polar surface area (TPSA) is 73.9 Å². The maximum Gasteiger partial charge on any atom is 0.338 e. The van der Waals surface area contributed by atoms with Gasteiger partial charge in [-0.1, -0.05) is 61.4 Å². The standard InChI is InChI=1S/C30H31NO5/c1-20(24-15-16-27-28(17-24)36-19-35-27)31-29(32)26-10-6-5-9-25(26)22-11-13-23(14-12-22)30(33)34-18-21-7-3-2-4-8-21/h2-4,7-8,11-17,20,25-26H,5-6,9-10,18-19H2,1H3,(H,31,32)/t20?,25-,26+/m1/s1. The van der Waals surface area contributed by atoms with Crippen molar-refractivity contribution in [1.29, 1.82) is 0 Å². The number of nitrogens with one attached hydrogen (secondary N) is 1. The molecule has 1 N–H and O–H groups in total. The summed E-state index contributed by atoms with van der Waals surface area (Å²) in [6.07, 6.45) is 3.93. The minimum atomic E-state index is -0.346. The molecule has 0 saturated heterocycles. The largest absolute Gasteiger partial charge is 0.457 e. The van der Waals surface area contributed by atoms with E-state index in [1.807, 2.05) is 79.7 Å². The summed E-state index contributed by atoms with van der Waals surface area (Å²) < 4.78 is 16.3. The normalized spacial score (nSPS) is 19.4. The number of ether oxygens (including phenoxy) is 3. The van der Waals surface area contributed by atoms with Gasteiger partial charge in [-0.25, -0.2) is 4.79 Å². The van der Waals surface area contributed by atoms with E-state index < -0.39 is 0 Å². The first-order chi connectivity index (χ1) is 17.6. The third-order valence-corrected chi connectivity index (χ3v) is 7.15. The Labute approximate surface area is 211 Å². The van der Waals surface area contributed by atoms with Gasteiger partial charge in [-0.15, -0.1) is 0 Å². The van der Waals surface area contributed by atoms with Gasteiger partial charge in [-0.2, -0.15) is 0 Å². The number of esters is 1. The SMILES string of the molecule is CC(NC(=O)[C@H]1CCCC[C@@H]1c1ccc(C(=O)OCc2ccccc2)cc1)c1ccc2c(c1)OCO2. The Morgan fingerprint density at radius 1 is 0.944 bits per heavy atom. The fourth-order valence-electron chi connectivity index (χ4n) is 5.10. The molecule has 2 aliphatic rings. The van der Waals surface area contributed by atoms with Gasteiger partial charge in [0.1, 0.15) is 6.61 Å². The van der Waals surface area contributed by atoms with E-state index in [0.29, 0.717) is 11.3 Å². The number of rotatable bonds is 7. The van der Waals surface area contributed by atoms with E-state index in [1.165, 1.54) is 0 Å². The molecule has 6 heteroatoms. The van der Waals surface area contributed by atoms with Crippen molar-refractivity contribution in [3.05, 3.63) is 95.1 Å². The van der Waals surface area contributed by atoms with Gasteiger partial charge < -0.3 is 19.5 Å². The highest BCUT2D eigenvalue weighted by molar-refractivity contribution is 5.89. The van der Waals surface area contributed by atoms with Crippen LogP contribution in [0, 0.1) is 5.92 Å². The fraction of sp³-hybridized carbons (Fsp3) is 0.333. The molecule has 3 atom stereocenters. The second kappa shape index (κ2) is 10.9. The van der Waals surface area contributed by atoms with Gasteiger partial charge in [-0.05, 0) is 66.6 Å². The lowest BCUT2D eigenvalue weighted by Crippen LogP contribution is -2.37. The highest BCUT2D eigenvalue weighted by Gasteiger charge is 2.33. The summed E-state index contributed by atoms with van der Waals surface area (Å²) in [6.45, 7) is 2.46. The van der Waals surface area contributed by atoms with E-state index in [4.69, 9.17) is 14.2 Å². The van der Waals surface area contributed by atoms with Crippen molar-refractivity contribution >= 4 is 11.9 Å². The van der Waals surface area contributed by atoms with Crippen LogP contribution < -0.4 is 14.8 Å². The third-order valence-electron chi connectivity index (χ3n) is 7.15. The Bertz CT molecular complexity index is 1210. The van der Waals surface area contributed by atoms with Crippen LogP contribution in [0.5, 0.6) is 11.5 Å². The quantitative estimate of drug-likeness (QED) is 0.420. The van der Waals surface area contributed by atoms with Gasteiger partial charge in [0.05, 0.1) is 11.6 Å². The molecular weight excluding hydrogens is 454 g/mol. The molecule has 6 nitrogen and oxygen atoms in total. The molecule has 186 valence electrons. The summed E-state index contributed by atoms with van der Waals surface area (Å²) in [4.78, 5) is 25.9. The number of carbonyl (C=O) groups is 2. The van der Waals surface area contributed by atoms with Crippen LogP contribution in [0.3, 0.4) is 0 Å². The first-order valence-corrected chi connectivity index (χ1v) is 12.6. The molecule has 36 heavy (non-hydrogen) atoms. The molecule has 1 heterocycles. The average molecular weight is 486 g/mol. The maximum atomic E-state index is 13.4. The molecule has 1 fully saturated rings. The molecule has 0 radical (unpaired) electrons. The predicted octanol–water partition coefficient (Wildman–Crippen LogP) is 5.92. The first-order valence-electron chi connectivity index (χ1n) is 12.6. The van der Waals surface area contributed by atoms with Crippen LogP contribution in [-0.2, 0) is 16.1 Å². The zero-order valence-electron chi connectivity index (χ0n) is 20.4. The van der Waals surface area contributed by atoms with Crippen molar-refractivity contribution in [3.63, 3.8) is 0 Å². The maximum absolute atomic E-state index is 13.4. The molecule has 1 saturated carbocycles. The van der Waals surface area contributed by atoms with Crippen molar-refractivity contribution in [1.82, 2.24) is 5.32 Å². The zero-order valence-corrected chi connectivity index (χ0v) is 20.4. The molecule has 0 spiro atoms. The van der Waals surface area contributed by atoms with Crippen LogP contribution in [0.1, 0.15) is 71.6 Å². The summed E-state index contributed by atoms with van der Waals surface area (Å²) in [7, 11) is 0. The van der Waals surface area contributed by atoms with Crippen LogP contribution in [0.4, 0.5) is 0 Å². The Hall–Kier alpha value is -3.80. The predicted molar refractivity (Wildman–Crippen MR) is 136 cm³/mol. The Morgan fingerprint density at radius 3 is 2.50 bits per heavy atom. The molecule has 0 aromatic heterocycles. The van der Waals surface area contributed by atoms with Crippen LogP contribution in [-0.4, -0.2) is 18.7 Å². The van der Waals surface area contributed by atoms with Crippen molar-refractivity contribution in [3.8, 4) is 11.5 Å². The number of amides is 1. The fourth-order valence-corrected chi connectivity index (χ4v) is 5.10. The molecule has 1 amide bonds.